The molecule has 0 aliphatic heterocycles. The van der Waals surface area contributed by atoms with Crippen molar-refractivity contribution in [1.29, 1.82) is 0 Å². The Morgan fingerprint density at radius 3 is 2.78 bits per heavy atom. The number of hydrogen-bond donors (Lipinski definition) is 0. The van der Waals surface area contributed by atoms with Gasteiger partial charge in [-0.2, -0.15) is 0 Å². The van der Waals surface area contributed by atoms with E-state index in [2.05, 4.69) is 15.9 Å². The Hall–Kier alpha value is -0.150. The first-order valence-corrected chi connectivity index (χ1v) is 3.96. The molecule has 9 heavy (non-hydrogen) atoms. The number of rotatable bonds is 1. The zero-order valence-electron chi connectivity index (χ0n) is 4.47. The van der Waals surface area contributed by atoms with Crippen LogP contribution in [0.15, 0.2) is 22.2 Å². The van der Waals surface area contributed by atoms with E-state index in [1.54, 1.807) is 0 Å². The molecular weight excluding hydrogens is 203 g/mol. The monoisotopic (exact) mass is 206 g/mol. The maximum Gasteiger partial charge on any atom is 0.0880 e. The minimum absolute atomic E-state index is 0.540. The molecule has 0 atom stereocenters. The van der Waals surface area contributed by atoms with E-state index in [0.29, 0.717) is 6.33 Å². The SMILES string of the molecule is FC=Cc1ccc(Br)s1. The lowest BCUT2D eigenvalue weighted by Crippen LogP contribution is -1.49. The van der Waals surface area contributed by atoms with E-state index in [9.17, 15) is 4.39 Å². The summed E-state index contributed by atoms with van der Waals surface area (Å²) >= 11 is 4.77. The van der Waals surface area contributed by atoms with Gasteiger partial charge < -0.3 is 0 Å². The third-order valence-corrected chi connectivity index (χ3v) is 2.41. The lowest BCUT2D eigenvalue weighted by atomic mass is 10.5. The molecule has 3 heteroatoms. The van der Waals surface area contributed by atoms with Crippen molar-refractivity contribution < 1.29 is 4.39 Å². The normalized spacial score (nSPS) is 10.9. The molecule has 0 amide bonds. The van der Waals surface area contributed by atoms with Crippen LogP contribution in [0.4, 0.5) is 4.39 Å². The van der Waals surface area contributed by atoms with Gasteiger partial charge in [0.1, 0.15) is 0 Å². The molecule has 48 valence electrons. The van der Waals surface area contributed by atoms with Crippen LogP contribution in [0.3, 0.4) is 0 Å². The second-order valence-corrected chi connectivity index (χ2v) is 3.93. The fraction of sp³-hybridized carbons (Fsp3) is 0. The first-order valence-electron chi connectivity index (χ1n) is 2.35. The summed E-state index contributed by atoms with van der Waals surface area (Å²) in [5, 5.41) is 0. The molecule has 0 unspecified atom stereocenters. The van der Waals surface area contributed by atoms with Crippen molar-refractivity contribution in [3.63, 3.8) is 0 Å². The van der Waals surface area contributed by atoms with Gasteiger partial charge >= 0.3 is 0 Å². The summed E-state index contributed by atoms with van der Waals surface area (Å²) in [6.45, 7) is 0. The quantitative estimate of drug-likeness (QED) is 0.661. The van der Waals surface area contributed by atoms with E-state index < -0.39 is 0 Å². The molecule has 0 saturated carbocycles. The van der Waals surface area contributed by atoms with Crippen LogP contribution in [0.25, 0.3) is 6.08 Å². The van der Waals surface area contributed by atoms with Gasteiger partial charge in [0.05, 0.1) is 10.1 Å². The van der Waals surface area contributed by atoms with Crippen molar-refractivity contribution >= 4 is 33.3 Å². The van der Waals surface area contributed by atoms with Gasteiger partial charge in [-0.1, -0.05) is 0 Å². The molecule has 0 fully saturated rings. The van der Waals surface area contributed by atoms with Crippen molar-refractivity contribution in [2.75, 3.05) is 0 Å². The molecule has 1 aromatic rings. The molecule has 0 spiro atoms. The number of thiophene rings is 1. The smallest absolute Gasteiger partial charge is 0.0880 e. The lowest BCUT2D eigenvalue weighted by molar-refractivity contribution is 0.728. The largest absolute Gasteiger partial charge is 0.215 e. The summed E-state index contributed by atoms with van der Waals surface area (Å²) in [6.07, 6.45) is 1.97. The Morgan fingerprint density at radius 1 is 1.56 bits per heavy atom. The molecule has 0 radical (unpaired) electrons. The van der Waals surface area contributed by atoms with Crippen LogP contribution >= 0.6 is 27.3 Å². The van der Waals surface area contributed by atoms with E-state index in [0.717, 1.165) is 8.66 Å². The minimum Gasteiger partial charge on any atom is -0.215 e. The van der Waals surface area contributed by atoms with Crippen molar-refractivity contribution in [3.8, 4) is 0 Å². The van der Waals surface area contributed by atoms with Crippen LogP contribution in [0.2, 0.25) is 0 Å². The average molecular weight is 207 g/mol. The summed E-state index contributed by atoms with van der Waals surface area (Å²) in [5.41, 5.74) is 0. The Kier molecular flexibility index (Phi) is 2.42. The molecule has 0 bridgehead atoms. The maximum absolute atomic E-state index is 11.5. The molecule has 0 aliphatic rings. The third kappa shape index (κ3) is 1.91. The molecule has 0 N–H and O–H groups in total. The Labute approximate surface area is 65.1 Å². The van der Waals surface area contributed by atoms with E-state index >= 15 is 0 Å². The maximum atomic E-state index is 11.5. The molecule has 0 aliphatic carbocycles. The van der Waals surface area contributed by atoms with Crippen LogP contribution in [0.5, 0.6) is 0 Å². The predicted octanol–water partition coefficient (Wildman–Crippen LogP) is 3.45. The van der Waals surface area contributed by atoms with Gasteiger partial charge in [-0.25, -0.2) is 4.39 Å². The van der Waals surface area contributed by atoms with Crippen LogP contribution in [-0.2, 0) is 0 Å². The second-order valence-electron chi connectivity index (χ2n) is 1.43. The first-order chi connectivity index (χ1) is 4.33. The van der Waals surface area contributed by atoms with E-state index in [1.807, 2.05) is 12.1 Å². The summed E-state index contributed by atoms with van der Waals surface area (Å²) in [6, 6.07) is 3.74. The van der Waals surface area contributed by atoms with E-state index in [-0.39, 0.29) is 0 Å². The van der Waals surface area contributed by atoms with Crippen molar-refractivity contribution in [2.45, 2.75) is 0 Å². The van der Waals surface area contributed by atoms with E-state index in [1.165, 1.54) is 17.4 Å². The Morgan fingerprint density at radius 2 is 2.33 bits per heavy atom. The number of halogens is 2. The zero-order valence-corrected chi connectivity index (χ0v) is 6.88. The zero-order chi connectivity index (χ0) is 6.69. The highest BCUT2D eigenvalue weighted by molar-refractivity contribution is 9.11. The standard InChI is InChI=1S/C6H4BrFS/c7-6-2-1-5(9-6)3-4-8/h1-4H. The molecule has 0 nitrogen and oxygen atoms in total. The third-order valence-electron chi connectivity index (χ3n) is 0.821. The fourth-order valence-corrected chi connectivity index (χ4v) is 1.79. The van der Waals surface area contributed by atoms with E-state index in [4.69, 9.17) is 0 Å². The van der Waals surface area contributed by atoms with Gasteiger partial charge in [0.2, 0.25) is 0 Å². The van der Waals surface area contributed by atoms with Gasteiger partial charge in [-0.3, -0.25) is 0 Å². The summed E-state index contributed by atoms with van der Waals surface area (Å²) in [7, 11) is 0. The molecule has 1 rings (SSSR count). The topological polar surface area (TPSA) is 0 Å². The molecule has 1 aromatic heterocycles. The van der Waals surface area contributed by atoms with Crippen LogP contribution in [-0.4, -0.2) is 0 Å². The lowest BCUT2D eigenvalue weighted by Gasteiger charge is -1.75. The van der Waals surface area contributed by atoms with Gasteiger partial charge in [-0.15, -0.1) is 11.3 Å². The minimum atomic E-state index is 0.540. The highest BCUT2D eigenvalue weighted by atomic mass is 79.9. The summed E-state index contributed by atoms with van der Waals surface area (Å²) in [4.78, 5) is 0.921. The van der Waals surface area contributed by atoms with Crippen LogP contribution in [0, 0.1) is 0 Å². The molecule has 1 heterocycles. The predicted molar refractivity (Wildman–Crippen MR) is 42.2 cm³/mol. The highest BCUT2D eigenvalue weighted by Crippen LogP contribution is 2.22. The molecular formula is C6H4BrFS. The van der Waals surface area contributed by atoms with Crippen molar-refractivity contribution in [1.82, 2.24) is 0 Å². The van der Waals surface area contributed by atoms with Gasteiger partial charge in [0.15, 0.2) is 0 Å². The van der Waals surface area contributed by atoms with Gasteiger partial charge in [0, 0.05) is 4.88 Å². The average Bonchev–Trinajstić information content (AvgIpc) is 2.17. The fourth-order valence-electron chi connectivity index (χ4n) is 0.480. The van der Waals surface area contributed by atoms with Gasteiger partial charge in [-0.05, 0) is 34.1 Å². The second kappa shape index (κ2) is 3.13. The molecule has 0 saturated heterocycles. The van der Waals surface area contributed by atoms with Crippen molar-refractivity contribution in [3.05, 3.63) is 27.1 Å². The number of hydrogen-bond acceptors (Lipinski definition) is 1. The Bertz CT molecular complexity index is 217. The van der Waals surface area contributed by atoms with Crippen LogP contribution < -0.4 is 0 Å². The summed E-state index contributed by atoms with van der Waals surface area (Å²) < 4.78 is 12.5. The van der Waals surface area contributed by atoms with Gasteiger partial charge in [0.25, 0.3) is 0 Å². The first kappa shape index (κ1) is 6.96. The highest BCUT2D eigenvalue weighted by Gasteiger charge is 1.90. The molecule has 0 aromatic carbocycles. The summed E-state index contributed by atoms with van der Waals surface area (Å²) in [5.74, 6) is 0. The van der Waals surface area contributed by atoms with Crippen LogP contribution in [0.1, 0.15) is 4.88 Å². The Balaban J connectivity index is 2.85. The van der Waals surface area contributed by atoms with Crippen molar-refractivity contribution in [2.24, 2.45) is 0 Å².